The van der Waals surface area contributed by atoms with Crippen LogP contribution in [0.2, 0.25) is 0 Å². The van der Waals surface area contributed by atoms with E-state index in [-0.39, 0.29) is 6.04 Å². The molecule has 1 aromatic heterocycles. The second kappa shape index (κ2) is 6.65. The molecule has 1 saturated heterocycles. The molecule has 1 aliphatic rings. The van der Waals surface area contributed by atoms with Crippen LogP contribution in [-0.2, 0) is 16.1 Å². The van der Waals surface area contributed by atoms with Crippen LogP contribution < -0.4 is 0 Å². The zero-order valence-corrected chi connectivity index (χ0v) is 13.1. The SMILES string of the molecule is CCCN(Cc1sc(C)nc1C)C1COCC1C(=O)O. The van der Waals surface area contributed by atoms with Gasteiger partial charge in [-0.05, 0) is 26.8 Å². The lowest BCUT2D eigenvalue weighted by atomic mass is 10.0. The van der Waals surface area contributed by atoms with Crippen molar-refractivity contribution < 1.29 is 14.6 Å². The van der Waals surface area contributed by atoms with Gasteiger partial charge in [0.25, 0.3) is 0 Å². The zero-order valence-electron chi connectivity index (χ0n) is 12.3. The summed E-state index contributed by atoms with van der Waals surface area (Å²) in [5, 5.41) is 10.4. The summed E-state index contributed by atoms with van der Waals surface area (Å²) in [5.74, 6) is -1.18. The molecule has 112 valence electrons. The van der Waals surface area contributed by atoms with Crippen LogP contribution in [0.15, 0.2) is 0 Å². The van der Waals surface area contributed by atoms with Gasteiger partial charge in [-0.2, -0.15) is 0 Å². The van der Waals surface area contributed by atoms with E-state index in [9.17, 15) is 9.90 Å². The fourth-order valence-electron chi connectivity index (χ4n) is 2.69. The van der Waals surface area contributed by atoms with Crippen LogP contribution in [0.1, 0.15) is 28.9 Å². The van der Waals surface area contributed by atoms with Crippen molar-refractivity contribution in [1.82, 2.24) is 9.88 Å². The van der Waals surface area contributed by atoms with Crippen LogP contribution in [-0.4, -0.2) is 46.8 Å². The van der Waals surface area contributed by atoms with Crippen molar-refractivity contribution in [3.8, 4) is 0 Å². The summed E-state index contributed by atoms with van der Waals surface area (Å²) in [6.07, 6.45) is 1.000. The number of rotatable bonds is 6. The van der Waals surface area contributed by atoms with E-state index in [1.54, 1.807) is 11.3 Å². The molecule has 0 aliphatic carbocycles. The highest BCUT2D eigenvalue weighted by molar-refractivity contribution is 7.11. The number of ether oxygens (including phenoxy) is 1. The Morgan fingerprint density at radius 1 is 1.50 bits per heavy atom. The molecule has 0 amide bonds. The largest absolute Gasteiger partial charge is 0.481 e. The Balaban J connectivity index is 2.14. The first-order valence-electron chi connectivity index (χ1n) is 7.00. The van der Waals surface area contributed by atoms with Crippen LogP contribution in [0.3, 0.4) is 0 Å². The van der Waals surface area contributed by atoms with Crippen LogP contribution in [0.5, 0.6) is 0 Å². The number of carboxylic acids is 1. The molecule has 2 unspecified atom stereocenters. The molecule has 1 N–H and O–H groups in total. The molecule has 2 heterocycles. The predicted octanol–water partition coefficient (Wildman–Crippen LogP) is 2.07. The van der Waals surface area contributed by atoms with Gasteiger partial charge in [0.1, 0.15) is 0 Å². The summed E-state index contributed by atoms with van der Waals surface area (Å²) in [4.78, 5) is 19.2. The van der Waals surface area contributed by atoms with Crippen molar-refractivity contribution in [3.05, 3.63) is 15.6 Å². The van der Waals surface area contributed by atoms with Gasteiger partial charge in [0.05, 0.1) is 29.8 Å². The molecule has 0 bridgehead atoms. The van der Waals surface area contributed by atoms with Gasteiger partial charge in [-0.1, -0.05) is 6.92 Å². The highest BCUT2D eigenvalue weighted by Crippen LogP contribution is 2.25. The highest BCUT2D eigenvalue weighted by atomic mass is 32.1. The second-order valence-electron chi connectivity index (χ2n) is 5.26. The first kappa shape index (κ1) is 15.4. The van der Waals surface area contributed by atoms with E-state index < -0.39 is 11.9 Å². The number of carbonyl (C=O) groups is 1. The van der Waals surface area contributed by atoms with Crippen LogP contribution in [0.4, 0.5) is 0 Å². The molecule has 6 heteroatoms. The number of aryl methyl sites for hydroxylation is 2. The second-order valence-corrected chi connectivity index (χ2v) is 6.55. The van der Waals surface area contributed by atoms with Crippen molar-refractivity contribution in [2.45, 2.75) is 39.8 Å². The summed E-state index contributed by atoms with van der Waals surface area (Å²) < 4.78 is 5.40. The molecule has 0 radical (unpaired) electrons. The van der Waals surface area contributed by atoms with E-state index in [1.807, 2.05) is 13.8 Å². The maximum atomic E-state index is 11.3. The fraction of sp³-hybridized carbons (Fsp3) is 0.714. The normalized spacial score (nSPS) is 22.6. The summed E-state index contributed by atoms with van der Waals surface area (Å²) in [6.45, 7) is 8.61. The first-order chi connectivity index (χ1) is 9.52. The maximum Gasteiger partial charge on any atom is 0.310 e. The third-order valence-corrected chi connectivity index (χ3v) is 4.75. The van der Waals surface area contributed by atoms with Gasteiger partial charge in [-0.25, -0.2) is 4.98 Å². The van der Waals surface area contributed by atoms with Crippen molar-refractivity contribution in [2.24, 2.45) is 5.92 Å². The number of hydrogen-bond donors (Lipinski definition) is 1. The topological polar surface area (TPSA) is 62.7 Å². The number of aromatic nitrogens is 1. The summed E-state index contributed by atoms with van der Waals surface area (Å²) in [7, 11) is 0. The predicted molar refractivity (Wildman–Crippen MR) is 78.0 cm³/mol. The van der Waals surface area contributed by atoms with Crippen molar-refractivity contribution >= 4 is 17.3 Å². The third-order valence-electron chi connectivity index (χ3n) is 3.69. The molecule has 0 spiro atoms. The Morgan fingerprint density at radius 3 is 2.80 bits per heavy atom. The average Bonchev–Trinajstić information content (AvgIpc) is 2.96. The van der Waals surface area contributed by atoms with Crippen molar-refractivity contribution in [3.63, 3.8) is 0 Å². The molecule has 2 atom stereocenters. The Kier molecular flexibility index (Phi) is 5.12. The van der Waals surface area contributed by atoms with Crippen LogP contribution >= 0.6 is 11.3 Å². The van der Waals surface area contributed by atoms with Gasteiger partial charge >= 0.3 is 5.97 Å². The quantitative estimate of drug-likeness (QED) is 0.871. The number of hydrogen-bond acceptors (Lipinski definition) is 5. The van der Waals surface area contributed by atoms with E-state index >= 15 is 0 Å². The molecule has 0 saturated carbocycles. The molecule has 0 aromatic carbocycles. The lowest BCUT2D eigenvalue weighted by Crippen LogP contribution is -2.43. The lowest BCUT2D eigenvalue weighted by molar-refractivity contribution is -0.143. The monoisotopic (exact) mass is 298 g/mol. The average molecular weight is 298 g/mol. The van der Waals surface area contributed by atoms with E-state index in [4.69, 9.17) is 4.74 Å². The molecule has 1 fully saturated rings. The molecular weight excluding hydrogens is 276 g/mol. The third kappa shape index (κ3) is 3.37. The minimum atomic E-state index is -0.759. The number of aliphatic carboxylic acids is 1. The molecule has 20 heavy (non-hydrogen) atoms. The first-order valence-corrected chi connectivity index (χ1v) is 7.82. The smallest absolute Gasteiger partial charge is 0.310 e. The van der Waals surface area contributed by atoms with Crippen molar-refractivity contribution in [2.75, 3.05) is 19.8 Å². The van der Waals surface area contributed by atoms with Crippen LogP contribution in [0.25, 0.3) is 0 Å². The highest BCUT2D eigenvalue weighted by Gasteiger charge is 2.37. The standard InChI is InChI=1S/C14H22N2O3S/c1-4-5-16(6-13-9(2)15-10(3)20-13)12-8-19-7-11(12)14(17)18/h11-12H,4-8H2,1-3H3,(H,17,18). The van der Waals surface area contributed by atoms with E-state index in [0.29, 0.717) is 13.2 Å². The fourth-order valence-corrected chi connectivity index (χ4v) is 3.66. The minimum absolute atomic E-state index is 0.0331. The number of nitrogens with zero attached hydrogens (tertiary/aromatic N) is 2. The van der Waals surface area contributed by atoms with E-state index in [0.717, 1.165) is 30.2 Å². The Bertz CT molecular complexity index is 475. The Labute approximate surface area is 123 Å². The van der Waals surface area contributed by atoms with Gasteiger partial charge < -0.3 is 9.84 Å². The summed E-state index contributed by atoms with van der Waals surface area (Å²) >= 11 is 1.70. The molecule has 1 aromatic rings. The maximum absolute atomic E-state index is 11.3. The van der Waals surface area contributed by atoms with Gasteiger partial charge in [0.15, 0.2) is 0 Å². The van der Waals surface area contributed by atoms with Crippen molar-refractivity contribution in [1.29, 1.82) is 0 Å². The number of thiazole rings is 1. The van der Waals surface area contributed by atoms with Crippen LogP contribution in [0, 0.1) is 19.8 Å². The number of carboxylic acid groups (broad SMARTS) is 1. The van der Waals surface area contributed by atoms with Gasteiger partial charge in [0, 0.05) is 17.5 Å². The molecule has 2 rings (SSSR count). The zero-order chi connectivity index (χ0) is 14.7. The summed E-state index contributed by atoms with van der Waals surface area (Å²) in [5.41, 5.74) is 1.05. The van der Waals surface area contributed by atoms with Gasteiger partial charge in [-0.3, -0.25) is 9.69 Å². The molecular formula is C14H22N2O3S. The van der Waals surface area contributed by atoms with E-state index in [2.05, 4.69) is 16.8 Å². The summed E-state index contributed by atoms with van der Waals surface area (Å²) in [6, 6.07) is -0.0331. The minimum Gasteiger partial charge on any atom is -0.481 e. The Hall–Kier alpha value is -0.980. The van der Waals surface area contributed by atoms with E-state index in [1.165, 1.54) is 4.88 Å². The molecule has 1 aliphatic heterocycles. The van der Waals surface area contributed by atoms with Gasteiger partial charge in [0.2, 0.25) is 0 Å². The lowest BCUT2D eigenvalue weighted by Gasteiger charge is -2.29. The Morgan fingerprint density at radius 2 is 2.25 bits per heavy atom. The van der Waals surface area contributed by atoms with Gasteiger partial charge in [-0.15, -0.1) is 11.3 Å². The molecule has 5 nitrogen and oxygen atoms in total.